The van der Waals surface area contributed by atoms with Gasteiger partial charge in [0, 0.05) is 12.6 Å². The molecule has 1 amide bonds. The second-order valence-electron chi connectivity index (χ2n) is 5.03. The lowest BCUT2D eigenvalue weighted by atomic mass is 10.00. The molecule has 0 fully saturated rings. The molecule has 0 saturated carbocycles. The molecular weight excluding hydrogens is 338 g/mol. The third-order valence-electron chi connectivity index (χ3n) is 3.60. The maximum Gasteiger partial charge on any atom is 0.328 e. The van der Waals surface area contributed by atoms with Crippen molar-refractivity contribution in [1.82, 2.24) is 15.3 Å². The van der Waals surface area contributed by atoms with E-state index in [0.717, 1.165) is 0 Å². The van der Waals surface area contributed by atoms with Gasteiger partial charge in [0.2, 0.25) is 5.88 Å². The number of benzene rings is 1. The average Bonchev–Trinajstić information content (AvgIpc) is 2.94. The number of aromatic hydroxyl groups is 1. The molecule has 9 heteroatoms. The fraction of sp³-hybridized carbons (Fsp3) is 0.118. The monoisotopic (exact) mass is 353 g/mol. The van der Waals surface area contributed by atoms with Crippen molar-refractivity contribution in [2.45, 2.75) is 7.43 Å². The maximum absolute atomic E-state index is 12.1. The van der Waals surface area contributed by atoms with Crippen molar-refractivity contribution in [3.05, 3.63) is 78.9 Å². The quantitative estimate of drug-likeness (QED) is 0.465. The normalized spacial score (nSPS) is 13.8. The first kappa shape index (κ1) is 18.4. The molecule has 1 aromatic carbocycles. The van der Waals surface area contributed by atoms with Crippen LogP contribution >= 0.6 is 0 Å². The zero-order valence-corrected chi connectivity index (χ0v) is 12.9. The SMILES string of the molecule is C.[C-]#[N+]/C(C(=O)NC)=C1\N=C(c2c(O)[nH]c(=O)[nH]c2=O)c2ccccc21. The number of hydrogen-bond donors (Lipinski definition) is 4. The van der Waals surface area contributed by atoms with Crippen LogP contribution in [0.2, 0.25) is 0 Å². The molecule has 0 spiro atoms. The van der Waals surface area contributed by atoms with Crippen LogP contribution in [0.4, 0.5) is 0 Å². The number of aromatic nitrogens is 2. The highest BCUT2D eigenvalue weighted by Gasteiger charge is 2.29. The molecule has 0 bridgehead atoms. The van der Waals surface area contributed by atoms with Crippen LogP contribution < -0.4 is 16.6 Å². The van der Waals surface area contributed by atoms with Crippen LogP contribution in [0, 0.1) is 6.57 Å². The fourth-order valence-electron chi connectivity index (χ4n) is 2.52. The van der Waals surface area contributed by atoms with E-state index < -0.39 is 23.0 Å². The van der Waals surface area contributed by atoms with Crippen molar-refractivity contribution < 1.29 is 9.90 Å². The zero-order chi connectivity index (χ0) is 18.1. The van der Waals surface area contributed by atoms with Crippen LogP contribution in [0.3, 0.4) is 0 Å². The summed E-state index contributed by atoms with van der Waals surface area (Å²) >= 11 is 0. The summed E-state index contributed by atoms with van der Waals surface area (Å²) in [5.41, 5.74) is -1.11. The highest BCUT2D eigenvalue weighted by Crippen LogP contribution is 2.34. The molecule has 0 atom stereocenters. The third kappa shape index (κ3) is 2.80. The maximum atomic E-state index is 12.1. The predicted molar refractivity (Wildman–Crippen MR) is 95.7 cm³/mol. The standard InChI is InChI=1S/C16H11N5O4.CH4/c1-17-12(15(24)18-2)11-8-6-4-3-5-7(8)10(19-11)9-13(22)20-16(25)21-14(9)23;/h3-6H,2H3,(H,18,24)(H3,20,21,22,23,25);1H4/b12-11-;. The Kier molecular flexibility index (Phi) is 4.89. The van der Waals surface area contributed by atoms with E-state index in [1.54, 1.807) is 24.3 Å². The number of H-pyrrole nitrogens is 2. The van der Waals surface area contributed by atoms with Gasteiger partial charge in [-0.25, -0.2) is 9.64 Å². The van der Waals surface area contributed by atoms with Gasteiger partial charge in [-0.15, -0.1) is 0 Å². The number of fused-ring (bicyclic) bond motifs is 1. The van der Waals surface area contributed by atoms with Gasteiger partial charge in [-0.05, 0) is 5.56 Å². The molecule has 0 radical (unpaired) electrons. The van der Waals surface area contributed by atoms with Crippen LogP contribution in [0.15, 0.2) is 44.5 Å². The zero-order valence-electron chi connectivity index (χ0n) is 12.9. The van der Waals surface area contributed by atoms with E-state index in [-0.39, 0.29) is 30.1 Å². The summed E-state index contributed by atoms with van der Waals surface area (Å²) in [6.07, 6.45) is 0. The molecule has 0 unspecified atom stereocenters. The van der Waals surface area contributed by atoms with Crippen molar-refractivity contribution in [3.63, 3.8) is 0 Å². The predicted octanol–water partition coefficient (Wildman–Crippen LogP) is 0.590. The summed E-state index contributed by atoms with van der Waals surface area (Å²) in [4.78, 5) is 46.9. The second kappa shape index (κ2) is 6.90. The minimum Gasteiger partial charge on any atom is -0.494 e. The lowest BCUT2D eigenvalue weighted by Crippen LogP contribution is -2.27. The number of aliphatic imine (C=N–C) groups is 1. The molecule has 0 aliphatic carbocycles. The highest BCUT2D eigenvalue weighted by molar-refractivity contribution is 6.23. The van der Waals surface area contributed by atoms with Gasteiger partial charge in [0.25, 0.3) is 17.2 Å². The molecule has 1 aromatic heterocycles. The Labute approximate surface area is 147 Å². The molecule has 9 nitrogen and oxygen atoms in total. The van der Waals surface area contributed by atoms with Gasteiger partial charge in [-0.2, -0.15) is 0 Å². The van der Waals surface area contributed by atoms with Crippen LogP contribution in [0.1, 0.15) is 24.1 Å². The van der Waals surface area contributed by atoms with Gasteiger partial charge in [0.1, 0.15) is 5.56 Å². The Bertz CT molecular complexity index is 1110. The molecular formula is C17H15N5O4. The van der Waals surface area contributed by atoms with Crippen LogP contribution in [-0.2, 0) is 4.79 Å². The first-order valence-electron chi connectivity index (χ1n) is 7.06. The number of rotatable bonds is 2. The van der Waals surface area contributed by atoms with E-state index in [4.69, 9.17) is 6.57 Å². The summed E-state index contributed by atoms with van der Waals surface area (Å²) in [7, 11) is 1.39. The molecule has 26 heavy (non-hydrogen) atoms. The van der Waals surface area contributed by atoms with Crippen molar-refractivity contribution in [2.75, 3.05) is 7.05 Å². The molecule has 2 heterocycles. The van der Waals surface area contributed by atoms with E-state index in [1.807, 2.05) is 4.98 Å². The molecule has 132 valence electrons. The Morgan fingerprint density at radius 3 is 2.46 bits per heavy atom. The summed E-state index contributed by atoms with van der Waals surface area (Å²) in [5.74, 6) is -1.27. The van der Waals surface area contributed by atoms with Gasteiger partial charge in [0.15, 0.2) is 0 Å². The van der Waals surface area contributed by atoms with Gasteiger partial charge >= 0.3 is 5.69 Å². The van der Waals surface area contributed by atoms with E-state index in [0.29, 0.717) is 11.1 Å². The van der Waals surface area contributed by atoms with Crippen LogP contribution in [0.5, 0.6) is 5.88 Å². The smallest absolute Gasteiger partial charge is 0.328 e. The number of amides is 1. The molecule has 0 saturated heterocycles. The van der Waals surface area contributed by atoms with E-state index in [1.165, 1.54) is 7.05 Å². The van der Waals surface area contributed by atoms with E-state index >= 15 is 0 Å². The van der Waals surface area contributed by atoms with Gasteiger partial charge < -0.3 is 10.4 Å². The van der Waals surface area contributed by atoms with E-state index in [9.17, 15) is 19.5 Å². The fourth-order valence-corrected chi connectivity index (χ4v) is 2.52. The number of carbonyl (C=O) groups is 1. The minimum atomic E-state index is -0.860. The first-order valence-corrected chi connectivity index (χ1v) is 7.06. The summed E-state index contributed by atoms with van der Waals surface area (Å²) in [5, 5.41) is 12.3. The Morgan fingerprint density at radius 2 is 1.88 bits per heavy atom. The third-order valence-corrected chi connectivity index (χ3v) is 3.60. The average molecular weight is 353 g/mol. The first-order chi connectivity index (χ1) is 12.0. The van der Waals surface area contributed by atoms with Crippen molar-refractivity contribution in [2.24, 2.45) is 4.99 Å². The summed E-state index contributed by atoms with van der Waals surface area (Å²) < 4.78 is 0. The highest BCUT2D eigenvalue weighted by atomic mass is 16.3. The summed E-state index contributed by atoms with van der Waals surface area (Å²) in [6, 6.07) is 6.66. The number of hydrogen-bond acceptors (Lipinski definition) is 5. The molecule has 4 N–H and O–H groups in total. The van der Waals surface area contributed by atoms with Crippen molar-refractivity contribution in [3.8, 4) is 5.88 Å². The number of nitrogens with zero attached hydrogens (tertiary/aromatic N) is 2. The topological polar surface area (TPSA) is 132 Å². The molecule has 2 aromatic rings. The number of aromatic amines is 2. The molecule has 1 aliphatic heterocycles. The largest absolute Gasteiger partial charge is 0.494 e. The van der Waals surface area contributed by atoms with Crippen molar-refractivity contribution in [1.29, 1.82) is 0 Å². The van der Waals surface area contributed by atoms with Gasteiger partial charge in [-0.1, -0.05) is 31.7 Å². The number of nitrogens with one attached hydrogen (secondary N) is 3. The van der Waals surface area contributed by atoms with Crippen LogP contribution in [0.25, 0.3) is 10.5 Å². The lowest BCUT2D eigenvalue weighted by Gasteiger charge is -2.04. The van der Waals surface area contributed by atoms with Crippen molar-refractivity contribution >= 4 is 17.3 Å². The minimum absolute atomic E-state index is 0. The number of carbonyl (C=O) groups excluding carboxylic acids is 1. The summed E-state index contributed by atoms with van der Waals surface area (Å²) in [6.45, 7) is 7.26. The van der Waals surface area contributed by atoms with Gasteiger partial charge in [0.05, 0.1) is 18.0 Å². The van der Waals surface area contributed by atoms with E-state index in [2.05, 4.69) is 20.1 Å². The molecule has 3 rings (SSSR count). The lowest BCUT2D eigenvalue weighted by molar-refractivity contribution is -0.116. The van der Waals surface area contributed by atoms with Gasteiger partial charge in [-0.3, -0.25) is 24.5 Å². The molecule has 1 aliphatic rings. The Morgan fingerprint density at radius 1 is 1.23 bits per heavy atom. The van der Waals surface area contributed by atoms with Crippen LogP contribution in [-0.4, -0.2) is 33.7 Å². The Balaban J connectivity index is 0.00000243. The number of likely N-dealkylation sites (N-methyl/N-ethyl adjacent to an activating group) is 1. The second-order valence-corrected chi connectivity index (χ2v) is 5.03. The Hall–Kier alpha value is -3.93.